The van der Waals surface area contributed by atoms with Gasteiger partial charge in [-0.2, -0.15) is 0 Å². The minimum Gasteiger partial charge on any atom is -0.497 e. The third-order valence-electron chi connectivity index (χ3n) is 5.71. The van der Waals surface area contributed by atoms with E-state index < -0.39 is 5.63 Å². The molecule has 0 spiro atoms. The number of aryl methyl sites for hydroxylation is 2. The van der Waals surface area contributed by atoms with Crippen LogP contribution in [0.4, 0.5) is 0 Å². The van der Waals surface area contributed by atoms with E-state index >= 15 is 0 Å². The number of ether oxygens (including phenoxy) is 1. The Kier molecular flexibility index (Phi) is 6.33. The van der Waals surface area contributed by atoms with Gasteiger partial charge in [0.15, 0.2) is 0 Å². The van der Waals surface area contributed by atoms with Crippen molar-refractivity contribution >= 4 is 22.7 Å². The maximum absolute atomic E-state index is 12.1. The lowest BCUT2D eigenvalue weighted by atomic mass is 10.0. The highest BCUT2D eigenvalue weighted by molar-refractivity contribution is 7.98. The van der Waals surface area contributed by atoms with Gasteiger partial charge in [-0.3, -0.25) is 0 Å². The van der Waals surface area contributed by atoms with E-state index in [-0.39, 0.29) is 0 Å². The van der Waals surface area contributed by atoms with Gasteiger partial charge in [0.05, 0.1) is 7.11 Å². The molecule has 7 heteroatoms. The Morgan fingerprint density at radius 1 is 0.829 bits per heavy atom. The van der Waals surface area contributed by atoms with E-state index in [1.54, 1.807) is 13.2 Å². The Balaban J connectivity index is 1.51. The van der Waals surface area contributed by atoms with Crippen molar-refractivity contribution in [3.8, 4) is 28.3 Å². The molecule has 0 unspecified atom stereocenters. The summed E-state index contributed by atoms with van der Waals surface area (Å²) in [5, 5.41) is 10.4. The zero-order valence-corrected chi connectivity index (χ0v) is 20.4. The van der Waals surface area contributed by atoms with Gasteiger partial charge in [0.2, 0.25) is 5.16 Å². The van der Waals surface area contributed by atoms with Gasteiger partial charge in [0.25, 0.3) is 0 Å². The van der Waals surface area contributed by atoms with Crippen LogP contribution in [0.15, 0.2) is 87.2 Å². The van der Waals surface area contributed by atoms with Crippen molar-refractivity contribution in [2.24, 2.45) is 0 Å². The van der Waals surface area contributed by atoms with Crippen LogP contribution in [0.1, 0.15) is 16.7 Å². The summed E-state index contributed by atoms with van der Waals surface area (Å²) in [7, 11) is 1.58. The standard InChI is InChI=1S/C28H23N3O3S/c1-17-4-8-19(9-5-17)26-27(20-10-6-18(2)7-11-20)30-31-28(29-26)35-16-21-14-25(32)34-24-15-22(33-3)12-13-23(21)24/h4-15H,16H2,1-3H3. The summed E-state index contributed by atoms with van der Waals surface area (Å²) in [6, 6.07) is 23.4. The molecule has 0 bridgehead atoms. The van der Waals surface area contributed by atoms with Gasteiger partial charge >= 0.3 is 5.63 Å². The van der Waals surface area contributed by atoms with Crippen LogP contribution >= 0.6 is 11.8 Å². The normalized spacial score (nSPS) is 11.1. The second-order valence-electron chi connectivity index (χ2n) is 8.27. The molecular formula is C28H23N3O3S. The predicted molar refractivity (Wildman–Crippen MR) is 139 cm³/mol. The lowest BCUT2D eigenvalue weighted by molar-refractivity contribution is 0.414. The van der Waals surface area contributed by atoms with E-state index in [2.05, 4.69) is 60.4 Å². The number of thioether (sulfide) groups is 1. The average molecular weight is 482 g/mol. The van der Waals surface area contributed by atoms with Crippen molar-refractivity contribution in [2.45, 2.75) is 24.8 Å². The predicted octanol–water partition coefficient (Wildman–Crippen LogP) is 6.23. The zero-order chi connectivity index (χ0) is 24.4. The fourth-order valence-electron chi connectivity index (χ4n) is 3.79. The van der Waals surface area contributed by atoms with E-state index in [9.17, 15) is 4.79 Å². The first-order valence-electron chi connectivity index (χ1n) is 11.1. The number of benzene rings is 3. The lowest BCUT2D eigenvalue weighted by Gasteiger charge is -2.11. The Labute approximate surface area is 207 Å². The van der Waals surface area contributed by atoms with Crippen molar-refractivity contribution in [1.82, 2.24) is 15.2 Å². The van der Waals surface area contributed by atoms with Crippen LogP contribution in [-0.4, -0.2) is 22.3 Å². The fourth-order valence-corrected chi connectivity index (χ4v) is 4.57. The molecular weight excluding hydrogens is 458 g/mol. The highest BCUT2D eigenvalue weighted by atomic mass is 32.2. The van der Waals surface area contributed by atoms with Crippen LogP contribution < -0.4 is 10.4 Å². The van der Waals surface area contributed by atoms with Crippen LogP contribution in [0.25, 0.3) is 33.5 Å². The monoisotopic (exact) mass is 481 g/mol. The van der Waals surface area contributed by atoms with Gasteiger partial charge in [-0.25, -0.2) is 9.78 Å². The van der Waals surface area contributed by atoms with Gasteiger partial charge in [-0.15, -0.1) is 10.2 Å². The van der Waals surface area contributed by atoms with Crippen LogP contribution in [0.2, 0.25) is 0 Å². The number of aromatic nitrogens is 3. The number of fused-ring (bicyclic) bond motifs is 1. The minimum absolute atomic E-state index is 0.407. The SMILES string of the molecule is COc1ccc2c(CSc3nnc(-c4ccc(C)cc4)c(-c4ccc(C)cc4)n3)cc(=O)oc2c1. The topological polar surface area (TPSA) is 78.1 Å². The van der Waals surface area contributed by atoms with E-state index in [1.165, 1.54) is 29.0 Å². The summed E-state index contributed by atoms with van der Waals surface area (Å²) in [4.78, 5) is 17.0. The highest BCUT2D eigenvalue weighted by Gasteiger charge is 2.15. The Morgan fingerprint density at radius 3 is 2.14 bits per heavy atom. The molecule has 0 atom stereocenters. The summed E-state index contributed by atoms with van der Waals surface area (Å²) in [6.45, 7) is 4.11. The maximum atomic E-state index is 12.1. The molecule has 2 aromatic heterocycles. The summed E-state index contributed by atoms with van der Waals surface area (Å²) >= 11 is 1.43. The first-order valence-corrected chi connectivity index (χ1v) is 12.1. The molecule has 0 aliphatic rings. The molecule has 0 saturated heterocycles. The minimum atomic E-state index is -0.407. The van der Waals surface area contributed by atoms with Crippen molar-refractivity contribution in [3.63, 3.8) is 0 Å². The van der Waals surface area contributed by atoms with Crippen molar-refractivity contribution in [3.05, 3.63) is 99.9 Å². The van der Waals surface area contributed by atoms with Gasteiger partial charge in [-0.05, 0) is 31.5 Å². The van der Waals surface area contributed by atoms with Gasteiger partial charge in [-0.1, -0.05) is 71.4 Å². The van der Waals surface area contributed by atoms with Crippen LogP contribution in [0, 0.1) is 13.8 Å². The van der Waals surface area contributed by atoms with Gasteiger partial charge < -0.3 is 9.15 Å². The lowest BCUT2D eigenvalue weighted by Crippen LogP contribution is -2.02. The molecule has 35 heavy (non-hydrogen) atoms. The van der Waals surface area contributed by atoms with Gasteiger partial charge in [0, 0.05) is 34.4 Å². The van der Waals surface area contributed by atoms with E-state index in [1.807, 2.05) is 24.3 Å². The Morgan fingerprint density at radius 2 is 1.49 bits per heavy atom. The molecule has 0 amide bonds. The largest absolute Gasteiger partial charge is 0.497 e. The summed E-state index contributed by atoms with van der Waals surface area (Å²) in [6.07, 6.45) is 0. The molecule has 0 aliphatic heterocycles. The smallest absolute Gasteiger partial charge is 0.336 e. The molecule has 6 nitrogen and oxygen atoms in total. The Hall–Kier alpha value is -3.97. The summed E-state index contributed by atoms with van der Waals surface area (Å²) in [5.74, 6) is 1.13. The third-order valence-corrected chi connectivity index (χ3v) is 6.60. The number of hydrogen-bond acceptors (Lipinski definition) is 7. The zero-order valence-electron chi connectivity index (χ0n) is 19.6. The van der Waals surface area contributed by atoms with Crippen LogP contribution in [0.5, 0.6) is 5.75 Å². The number of methoxy groups -OCH3 is 1. The maximum Gasteiger partial charge on any atom is 0.336 e. The number of nitrogens with zero attached hydrogens (tertiary/aromatic N) is 3. The summed E-state index contributed by atoms with van der Waals surface area (Å²) < 4.78 is 10.6. The first-order chi connectivity index (χ1) is 17.0. The second kappa shape index (κ2) is 9.72. The summed E-state index contributed by atoms with van der Waals surface area (Å²) in [5.41, 5.74) is 6.71. The van der Waals surface area contributed by atoms with Crippen LogP contribution in [0.3, 0.4) is 0 Å². The number of hydrogen-bond donors (Lipinski definition) is 0. The fraction of sp³-hybridized carbons (Fsp3) is 0.143. The first kappa shape index (κ1) is 22.8. The molecule has 0 fully saturated rings. The molecule has 174 valence electrons. The van der Waals surface area contributed by atoms with E-state index in [0.29, 0.717) is 22.2 Å². The van der Waals surface area contributed by atoms with E-state index in [0.717, 1.165) is 33.5 Å². The second-order valence-corrected chi connectivity index (χ2v) is 9.21. The third kappa shape index (κ3) is 4.95. The van der Waals surface area contributed by atoms with Crippen molar-refractivity contribution in [2.75, 3.05) is 7.11 Å². The van der Waals surface area contributed by atoms with Crippen LogP contribution in [-0.2, 0) is 5.75 Å². The van der Waals surface area contributed by atoms with Crippen molar-refractivity contribution in [1.29, 1.82) is 0 Å². The molecule has 0 radical (unpaired) electrons. The quantitative estimate of drug-likeness (QED) is 0.210. The molecule has 0 aliphatic carbocycles. The molecule has 2 heterocycles. The number of rotatable bonds is 6. The van der Waals surface area contributed by atoms with Gasteiger partial charge in [0.1, 0.15) is 22.7 Å². The molecule has 0 N–H and O–H groups in total. The van der Waals surface area contributed by atoms with E-state index in [4.69, 9.17) is 14.1 Å². The highest BCUT2D eigenvalue weighted by Crippen LogP contribution is 2.32. The average Bonchev–Trinajstić information content (AvgIpc) is 2.87. The van der Waals surface area contributed by atoms with Crippen molar-refractivity contribution < 1.29 is 9.15 Å². The molecule has 5 aromatic rings. The molecule has 3 aromatic carbocycles. The Bertz CT molecular complexity index is 1560. The molecule has 0 saturated carbocycles. The molecule has 5 rings (SSSR count).